The van der Waals surface area contributed by atoms with E-state index >= 15 is 0 Å². The number of amides is 1. The second-order valence-corrected chi connectivity index (χ2v) is 8.13. The van der Waals surface area contributed by atoms with E-state index in [1.54, 1.807) is 35.6 Å². The van der Waals surface area contributed by atoms with E-state index in [-0.39, 0.29) is 11.2 Å². The molecule has 4 nitrogen and oxygen atoms in total. The molecule has 3 rings (SSSR count). The maximum atomic E-state index is 12.5. The van der Waals surface area contributed by atoms with E-state index in [9.17, 15) is 4.79 Å². The number of carbonyl (C=O) groups excluding carboxylic acids is 1. The van der Waals surface area contributed by atoms with Gasteiger partial charge in [-0.2, -0.15) is 0 Å². The van der Waals surface area contributed by atoms with Crippen molar-refractivity contribution in [2.45, 2.75) is 22.9 Å². The molecule has 1 heterocycles. The second-order valence-electron chi connectivity index (χ2n) is 5.22. The lowest BCUT2D eigenvalue weighted by Gasteiger charge is -2.13. The van der Waals surface area contributed by atoms with Gasteiger partial charge in [0.1, 0.15) is 0 Å². The molecule has 0 fully saturated rings. The molecule has 3 aromatic rings. The SMILES string of the molecule is CC[C@H](Sc1nc2ccc(N)cc2s1)C(=O)Nc1ccc(Cl)cc1. The molecular formula is C17H16ClN3OS2. The minimum atomic E-state index is -0.210. The molecule has 1 aromatic heterocycles. The summed E-state index contributed by atoms with van der Waals surface area (Å²) in [5.74, 6) is -0.0383. The highest BCUT2D eigenvalue weighted by Gasteiger charge is 2.20. The third kappa shape index (κ3) is 4.01. The topological polar surface area (TPSA) is 68.0 Å². The lowest BCUT2D eigenvalue weighted by Crippen LogP contribution is -2.24. The summed E-state index contributed by atoms with van der Waals surface area (Å²) in [6.45, 7) is 1.99. The molecule has 0 spiro atoms. The summed E-state index contributed by atoms with van der Waals surface area (Å²) in [4.78, 5) is 17.1. The quantitative estimate of drug-likeness (QED) is 0.482. The average Bonchev–Trinajstić information content (AvgIpc) is 2.96. The van der Waals surface area contributed by atoms with Crippen LogP contribution in [0.4, 0.5) is 11.4 Å². The molecule has 0 radical (unpaired) electrons. The zero-order chi connectivity index (χ0) is 17.1. The maximum Gasteiger partial charge on any atom is 0.237 e. The number of nitrogens with zero attached hydrogens (tertiary/aromatic N) is 1. The number of fused-ring (bicyclic) bond motifs is 1. The van der Waals surface area contributed by atoms with Gasteiger partial charge in [-0.25, -0.2) is 4.98 Å². The van der Waals surface area contributed by atoms with Crippen molar-refractivity contribution in [1.82, 2.24) is 4.98 Å². The van der Waals surface area contributed by atoms with Gasteiger partial charge in [-0.1, -0.05) is 30.3 Å². The summed E-state index contributed by atoms with van der Waals surface area (Å²) in [5.41, 5.74) is 8.17. The van der Waals surface area contributed by atoms with Crippen molar-refractivity contribution in [3.05, 3.63) is 47.5 Å². The van der Waals surface area contributed by atoms with Gasteiger partial charge in [-0.15, -0.1) is 11.3 Å². The molecule has 0 aliphatic rings. The minimum absolute atomic E-state index is 0.0383. The van der Waals surface area contributed by atoms with Crippen LogP contribution in [0.5, 0.6) is 0 Å². The van der Waals surface area contributed by atoms with Gasteiger partial charge in [0.05, 0.1) is 15.5 Å². The Labute approximate surface area is 153 Å². The summed E-state index contributed by atoms with van der Waals surface area (Å²) in [7, 11) is 0. The van der Waals surface area contributed by atoms with Crippen molar-refractivity contribution < 1.29 is 4.79 Å². The number of carbonyl (C=O) groups is 1. The first kappa shape index (κ1) is 17.1. The lowest BCUT2D eigenvalue weighted by molar-refractivity contribution is -0.115. The first-order chi connectivity index (χ1) is 11.5. The van der Waals surface area contributed by atoms with Gasteiger partial charge in [0, 0.05) is 16.4 Å². The summed E-state index contributed by atoms with van der Waals surface area (Å²) in [6, 6.07) is 12.7. The number of thioether (sulfide) groups is 1. The van der Waals surface area contributed by atoms with Crippen LogP contribution >= 0.6 is 34.7 Å². The molecular weight excluding hydrogens is 362 g/mol. The van der Waals surface area contributed by atoms with E-state index in [4.69, 9.17) is 17.3 Å². The first-order valence-corrected chi connectivity index (χ1v) is 9.51. The number of thiazole rings is 1. The highest BCUT2D eigenvalue weighted by Crippen LogP contribution is 2.34. The predicted molar refractivity (Wildman–Crippen MR) is 104 cm³/mol. The molecule has 1 atom stereocenters. The van der Waals surface area contributed by atoms with E-state index in [1.807, 2.05) is 25.1 Å². The van der Waals surface area contributed by atoms with Gasteiger partial charge in [0.25, 0.3) is 0 Å². The van der Waals surface area contributed by atoms with Gasteiger partial charge in [-0.3, -0.25) is 4.79 Å². The van der Waals surface area contributed by atoms with Gasteiger partial charge in [-0.05, 0) is 48.9 Å². The van der Waals surface area contributed by atoms with Crippen LogP contribution < -0.4 is 11.1 Å². The van der Waals surface area contributed by atoms with Gasteiger partial charge in [0.15, 0.2) is 4.34 Å². The molecule has 0 bridgehead atoms. The number of halogens is 1. The summed E-state index contributed by atoms with van der Waals surface area (Å²) in [6.07, 6.45) is 0.710. The van der Waals surface area contributed by atoms with Crippen molar-refractivity contribution in [2.75, 3.05) is 11.1 Å². The van der Waals surface area contributed by atoms with E-state index in [1.165, 1.54) is 11.8 Å². The Morgan fingerprint density at radius 2 is 2.08 bits per heavy atom. The van der Waals surface area contributed by atoms with Crippen molar-refractivity contribution >= 4 is 62.2 Å². The van der Waals surface area contributed by atoms with Gasteiger partial charge >= 0.3 is 0 Å². The third-order valence-corrected chi connectivity index (χ3v) is 6.14. The van der Waals surface area contributed by atoms with E-state index in [0.29, 0.717) is 11.4 Å². The molecule has 0 aliphatic carbocycles. The van der Waals surface area contributed by atoms with Crippen LogP contribution in [0.2, 0.25) is 5.02 Å². The lowest BCUT2D eigenvalue weighted by atomic mass is 10.3. The van der Waals surface area contributed by atoms with Crippen LogP contribution in [0.15, 0.2) is 46.8 Å². The molecule has 1 amide bonds. The molecule has 0 saturated carbocycles. The van der Waals surface area contributed by atoms with Crippen molar-refractivity contribution in [3.8, 4) is 0 Å². The number of rotatable bonds is 5. The van der Waals surface area contributed by atoms with Crippen molar-refractivity contribution in [2.24, 2.45) is 0 Å². The molecule has 7 heteroatoms. The average molecular weight is 378 g/mol. The molecule has 124 valence electrons. The standard InChI is InChI=1S/C17H16ClN3OS2/c1-2-14(16(22)20-12-6-3-10(18)4-7-12)23-17-21-13-8-5-11(19)9-15(13)24-17/h3-9,14H,2,19H2,1H3,(H,20,22)/t14-/m0/s1. The Bertz CT molecular complexity index is 864. The van der Waals surface area contributed by atoms with E-state index in [2.05, 4.69) is 10.3 Å². The number of aromatic nitrogens is 1. The van der Waals surface area contributed by atoms with Crippen LogP contribution in [0.25, 0.3) is 10.2 Å². The smallest absolute Gasteiger partial charge is 0.237 e. The predicted octanol–water partition coefficient (Wildman–Crippen LogP) is 5.04. The van der Waals surface area contributed by atoms with Crippen LogP contribution in [0, 0.1) is 0 Å². The van der Waals surface area contributed by atoms with Gasteiger partial charge in [0.2, 0.25) is 5.91 Å². The summed E-state index contributed by atoms with van der Waals surface area (Å²) < 4.78 is 1.90. The molecule has 24 heavy (non-hydrogen) atoms. The zero-order valence-corrected chi connectivity index (χ0v) is 15.3. The fourth-order valence-corrected chi connectivity index (χ4v) is 4.58. The fourth-order valence-electron chi connectivity index (χ4n) is 2.17. The first-order valence-electron chi connectivity index (χ1n) is 7.44. The van der Waals surface area contributed by atoms with E-state index < -0.39 is 0 Å². The third-order valence-electron chi connectivity index (χ3n) is 3.41. The molecule has 2 aromatic carbocycles. The Balaban J connectivity index is 1.72. The fraction of sp³-hybridized carbons (Fsp3) is 0.176. The Kier molecular flexibility index (Phi) is 5.28. The summed E-state index contributed by atoms with van der Waals surface area (Å²) >= 11 is 8.90. The minimum Gasteiger partial charge on any atom is -0.399 e. The normalized spacial score (nSPS) is 12.2. The number of benzene rings is 2. The largest absolute Gasteiger partial charge is 0.399 e. The molecule has 0 aliphatic heterocycles. The number of nitrogens with two attached hydrogens (primary N) is 1. The van der Waals surface area contributed by atoms with Crippen LogP contribution in [-0.4, -0.2) is 16.1 Å². The Morgan fingerprint density at radius 1 is 1.33 bits per heavy atom. The van der Waals surface area contributed by atoms with Crippen LogP contribution in [0.3, 0.4) is 0 Å². The zero-order valence-electron chi connectivity index (χ0n) is 13.0. The Morgan fingerprint density at radius 3 is 2.79 bits per heavy atom. The summed E-state index contributed by atoms with van der Waals surface area (Å²) in [5, 5.41) is 3.35. The van der Waals surface area contributed by atoms with Crippen molar-refractivity contribution in [3.63, 3.8) is 0 Å². The molecule has 3 N–H and O–H groups in total. The van der Waals surface area contributed by atoms with Crippen molar-refractivity contribution in [1.29, 1.82) is 0 Å². The number of nitrogen functional groups attached to an aromatic ring is 1. The van der Waals surface area contributed by atoms with E-state index in [0.717, 1.165) is 25.9 Å². The highest BCUT2D eigenvalue weighted by atomic mass is 35.5. The number of nitrogens with one attached hydrogen (secondary N) is 1. The second kappa shape index (κ2) is 7.42. The number of hydrogen-bond acceptors (Lipinski definition) is 5. The monoisotopic (exact) mass is 377 g/mol. The number of anilines is 2. The van der Waals surface area contributed by atoms with Gasteiger partial charge < -0.3 is 11.1 Å². The van der Waals surface area contributed by atoms with Crippen LogP contribution in [0.1, 0.15) is 13.3 Å². The molecule has 0 saturated heterocycles. The Hall–Kier alpha value is -1.76. The maximum absolute atomic E-state index is 12.5. The van der Waals surface area contributed by atoms with Crippen LogP contribution in [-0.2, 0) is 4.79 Å². The molecule has 0 unspecified atom stereocenters. The number of hydrogen-bond donors (Lipinski definition) is 2. The highest BCUT2D eigenvalue weighted by molar-refractivity contribution is 8.02.